The molecule has 4 nitrogen and oxygen atoms in total. The number of nitrogens with zero attached hydrogens (tertiary/aromatic N) is 3. The molecular weight excluding hydrogens is 303 g/mol. The van der Waals surface area contributed by atoms with Gasteiger partial charge in [-0.15, -0.1) is 9.24 Å². The topological polar surface area (TPSA) is 56.7 Å². The summed E-state index contributed by atoms with van der Waals surface area (Å²) >= 11 is 0. The van der Waals surface area contributed by atoms with Crippen molar-refractivity contribution in [2.45, 2.75) is 18.9 Å². The van der Waals surface area contributed by atoms with E-state index in [-0.39, 0.29) is 0 Å². The fourth-order valence-corrected chi connectivity index (χ4v) is 3.52. The van der Waals surface area contributed by atoms with Crippen LogP contribution in [0.2, 0.25) is 0 Å². The van der Waals surface area contributed by atoms with Crippen molar-refractivity contribution in [3.05, 3.63) is 54.6 Å². The SMILES string of the molecule is NC[C@@H]1CCc2nc(-c3ccc(P)cc3)c(-c3ccncc3)n21. The molecule has 0 radical (unpaired) electrons. The standard InChI is InChI=1S/C18H19N4P/c19-11-14-3-6-16-21-17(12-1-4-15(23)5-2-12)18(22(14)16)13-7-9-20-10-8-13/h1-2,4-5,7-10,14H,3,6,11,19,23H2/t14-/m0/s1. The summed E-state index contributed by atoms with van der Waals surface area (Å²) in [4.78, 5) is 9.09. The molecule has 0 amide bonds. The molecule has 1 aliphatic heterocycles. The second kappa shape index (κ2) is 5.88. The largest absolute Gasteiger partial charge is 0.328 e. The Morgan fingerprint density at radius 3 is 2.52 bits per heavy atom. The highest BCUT2D eigenvalue weighted by Crippen LogP contribution is 2.38. The summed E-state index contributed by atoms with van der Waals surface area (Å²) in [6.45, 7) is 0.644. The van der Waals surface area contributed by atoms with E-state index in [1.165, 1.54) is 5.30 Å². The van der Waals surface area contributed by atoms with E-state index in [9.17, 15) is 0 Å². The molecule has 0 fully saturated rings. The molecule has 0 aliphatic carbocycles. The van der Waals surface area contributed by atoms with Crippen molar-refractivity contribution in [2.75, 3.05) is 6.54 Å². The number of aromatic nitrogens is 3. The van der Waals surface area contributed by atoms with Gasteiger partial charge in [0, 0.05) is 42.5 Å². The summed E-state index contributed by atoms with van der Waals surface area (Å²) in [6.07, 6.45) is 5.72. The molecule has 116 valence electrons. The average Bonchev–Trinajstić information content (AvgIpc) is 3.15. The van der Waals surface area contributed by atoms with Gasteiger partial charge in [-0.25, -0.2) is 4.98 Å². The highest BCUT2D eigenvalue weighted by molar-refractivity contribution is 7.27. The predicted octanol–water partition coefficient (Wildman–Crippen LogP) is 2.56. The first-order chi connectivity index (χ1) is 11.3. The Hall–Kier alpha value is -2.03. The van der Waals surface area contributed by atoms with E-state index in [0.29, 0.717) is 12.6 Å². The van der Waals surface area contributed by atoms with Crippen LogP contribution in [-0.4, -0.2) is 21.1 Å². The van der Waals surface area contributed by atoms with E-state index in [4.69, 9.17) is 10.7 Å². The lowest BCUT2D eigenvalue weighted by Crippen LogP contribution is -2.16. The molecule has 4 rings (SSSR count). The Morgan fingerprint density at radius 2 is 1.83 bits per heavy atom. The number of imidazole rings is 1. The molecule has 0 spiro atoms. The number of benzene rings is 1. The Kier molecular flexibility index (Phi) is 3.72. The Balaban J connectivity index is 1.95. The van der Waals surface area contributed by atoms with Crippen LogP contribution in [0.3, 0.4) is 0 Å². The molecule has 3 aromatic rings. The minimum absolute atomic E-state index is 0.329. The average molecular weight is 322 g/mol. The van der Waals surface area contributed by atoms with Crippen LogP contribution >= 0.6 is 9.24 Å². The van der Waals surface area contributed by atoms with Crippen molar-refractivity contribution >= 4 is 14.5 Å². The summed E-state index contributed by atoms with van der Waals surface area (Å²) in [6, 6.07) is 12.9. The number of nitrogens with two attached hydrogens (primary N) is 1. The molecular formula is C18H19N4P. The van der Waals surface area contributed by atoms with E-state index in [1.807, 2.05) is 24.5 Å². The van der Waals surface area contributed by atoms with Crippen LogP contribution in [0.25, 0.3) is 22.5 Å². The highest BCUT2D eigenvalue weighted by Gasteiger charge is 2.29. The number of aryl methyl sites for hydroxylation is 1. The van der Waals surface area contributed by atoms with E-state index in [2.05, 4.69) is 43.1 Å². The zero-order valence-electron chi connectivity index (χ0n) is 12.8. The Bertz CT molecular complexity index is 824. The van der Waals surface area contributed by atoms with E-state index in [1.54, 1.807) is 0 Å². The lowest BCUT2D eigenvalue weighted by molar-refractivity contribution is 0.544. The summed E-state index contributed by atoms with van der Waals surface area (Å²) in [5.74, 6) is 1.14. The minimum atomic E-state index is 0.329. The number of rotatable bonds is 3. The fourth-order valence-electron chi connectivity index (χ4n) is 3.32. The first-order valence-corrected chi connectivity index (χ1v) is 8.43. The molecule has 2 atom stereocenters. The monoisotopic (exact) mass is 322 g/mol. The predicted molar refractivity (Wildman–Crippen MR) is 96.7 cm³/mol. The highest BCUT2D eigenvalue weighted by atomic mass is 31.0. The fraction of sp³-hybridized carbons (Fsp3) is 0.222. The Morgan fingerprint density at radius 1 is 1.09 bits per heavy atom. The molecule has 0 bridgehead atoms. The van der Waals surface area contributed by atoms with Crippen LogP contribution in [0.15, 0.2) is 48.8 Å². The quantitative estimate of drug-likeness (QED) is 0.754. The van der Waals surface area contributed by atoms with Gasteiger partial charge >= 0.3 is 0 Å². The molecule has 5 heteroatoms. The van der Waals surface area contributed by atoms with Gasteiger partial charge < -0.3 is 10.3 Å². The van der Waals surface area contributed by atoms with E-state index in [0.717, 1.165) is 41.2 Å². The van der Waals surface area contributed by atoms with Crippen LogP contribution in [0.5, 0.6) is 0 Å². The third-order valence-corrected chi connectivity index (χ3v) is 4.85. The van der Waals surface area contributed by atoms with Gasteiger partial charge in [-0.1, -0.05) is 24.3 Å². The van der Waals surface area contributed by atoms with Crippen LogP contribution in [0.4, 0.5) is 0 Å². The van der Waals surface area contributed by atoms with Gasteiger partial charge in [0.05, 0.1) is 11.4 Å². The van der Waals surface area contributed by atoms with Crippen molar-refractivity contribution in [3.8, 4) is 22.5 Å². The van der Waals surface area contributed by atoms with Gasteiger partial charge in [-0.3, -0.25) is 4.98 Å². The van der Waals surface area contributed by atoms with Gasteiger partial charge in [0.15, 0.2) is 0 Å². The van der Waals surface area contributed by atoms with Gasteiger partial charge in [0.2, 0.25) is 0 Å². The zero-order valence-corrected chi connectivity index (χ0v) is 14.0. The molecule has 1 unspecified atom stereocenters. The first-order valence-electron chi connectivity index (χ1n) is 7.85. The molecule has 3 heterocycles. The van der Waals surface area contributed by atoms with Crippen molar-refractivity contribution in [2.24, 2.45) is 5.73 Å². The summed E-state index contributed by atoms with van der Waals surface area (Å²) in [5.41, 5.74) is 10.5. The summed E-state index contributed by atoms with van der Waals surface area (Å²) in [5, 5.41) is 1.17. The maximum Gasteiger partial charge on any atom is 0.110 e. The minimum Gasteiger partial charge on any atom is -0.328 e. The normalized spacial score (nSPS) is 16.5. The van der Waals surface area contributed by atoms with Crippen molar-refractivity contribution in [1.29, 1.82) is 0 Å². The maximum absolute atomic E-state index is 6.00. The lowest BCUT2D eigenvalue weighted by atomic mass is 10.0. The third kappa shape index (κ3) is 2.48. The van der Waals surface area contributed by atoms with Crippen LogP contribution in [-0.2, 0) is 6.42 Å². The third-order valence-electron chi connectivity index (χ3n) is 4.46. The molecule has 23 heavy (non-hydrogen) atoms. The number of hydrogen-bond donors (Lipinski definition) is 1. The van der Waals surface area contributed by atoms with Gasteiger partial charge in [0.25, 0.3) is 0 Å². The molecule has 1 aromatic carbocycles. The van der Waals surface area contributed by atoms with Gasteiger partial charge in [-0.05, 0) is 23.9 Å². The van der Waals surface area contributed by atoms with Gasteiger partial charge in [-0.2, -0.15) is 0 Å². The van der Waals surface area contributed by atoms with Crippen LogP contribution < -0.4 is 11.0 Å². The van der Waals surface area contributed by atoms with Crippen LogP contribution in [0, 0.1) is 0 Å². The van der Waals surface area contributed by atoms with E-state index < -0.39 is 0 Å². The van der Waals surface area contributed by atoms with Crippen LogP contribution in [0.1, 0.15) is 18.3 Å². The number of fused-ring (bicyclic) bond motifs is 1. The summed E-state index contributed by atoms with van der Waals surface area (Å²) < 4.78 is 2.33. The Labute approximate surface area is 138 Å². The van der Waals surface area contributed by atoms with Gasteiger partial charge in [0.1, 0.15) is 5.82 Å². The number of hydrogen-bond acceptors (Lipinski definition) is 3. The van der Waals surface area contributed by atoms with Crippen molar-refractivity contribution in [1.82, 2.24) is 14.5 Å². The second-order valence-corrected chi connectivity index (χ2v) is 6.55. The smallest absolute Gasteiger partial charge is 0.110 e. The maximum atomic E-state index is 6.00. The molecule has 0 saturated carbocycles. The second-order valence-electron chi connectivity index (χ2n) is 5.88. The summed E-state index contributed by atoms with van der Waals surface area (Å²) in [7, 11) is 2.72. The van der Waals surface area contributed by atoms with Crippen molar-refractivity contribution in [3.63, 3.8) is 0 Å². The van der Waals surface area contributed by atoms with Crippen molar-refractivity contribution < 1.29 is 0 Å². The number of pyridine rings is 1. The molecule has 1 aliphatic rings. The van der Waals surface area contributed by atoms with E-state index >= 15 is 0 Å². The molecule has 0 saturated heterocycles. The molecule has 2 aromatic heterocycles. The lowest BCUT2D eigenvalue weighted by Gasteiger charge is -2.15. The molecule has 2 N–H and O–H groups in total. The first kappa shape index (κ1) is 14.6. The zero-order chi connectivity index (χ0) is 15.8.